The molecule has 1 aromatic rings. The summed E-state index contributed by atoms with van der Waals surface area (Å²) in [4.78, 5) is 26.6. The number of hydrogen-bond donors (Lipinski definition) is 3. The van der Waals surface area contributed by atoms with Crippen molar-refractivity contribution in [3.63, 3.8) is 0 Å². The van der Waals surface area contributed by atoms with E-state index in [0.717, 1.165) is 51.6 Å². The summed E-state index contributed by atoms with van der Waals surface area (Å²) < 4.78 is 0. The fourth-order valence-corrected chi connectivity index (χ4v) is 3.52. The van der Waals surface area contributed by atoms with Crippen molar-refractivity contribution < 1.29 is 9.59 Å². The zero-order chi connectivity index (χ0) is 16.9. The number of rotatable bonds is 3. The second kappa shape index (κ2) is 7.66. The van der Waals surface area contributed by atoms with E-state index < -0.39 is 0 Å². The first-order valence-corrected chi connectivity index (χ1v) is 8.85. The Morgan fingerprint density at radius 1 is 1.00 bits per heavy atom. The summed E-state index contributed by atoms with van der Waals surface area (Å²) in [5, 5.41) is 5.89. The van der Waals surface area contributed by atoms with Gasteiger partial charge in [-0.15, -0.1) is 0 Å². The molecule has 2 aliphatic rings. The zero-order valence-electron chi connectivity index (χ0n) is 14.0. The Kier molecular flexibility index (Phi) is 5.35. The van der Waals surface area contributed by atoms with Crippen molar-refractivity contribution in [2.45, 2.75) is 44.6 Å². The minimum Gasteiger partial charge on any atom is -0.328 e. The van der Waals surface area contributed by atoms with Crippen LogP contribution in [0, 0.1) is 5.92 Å². The third-order valence-corrected chi connectivity index (χ3v) is 4.91. The van der Waals surface area contributed by atoms with Crippen LogP contribution in [0.5, 0.6) is 0 Å². The highest BCUT2D eigenvalue weighted by Gasteiger charge is 2.26. The van der Waals surface area contributed by atoms with Crippen molar-refractivity contribution in [2.75, 3.05) is 23.7 Å². The number of carbonyl (C=O) groups is 2. The fraction of sp³-hybridized carbons (Fsp3) is 0.556. The first kappa shape index (κ1) is 16.8. The maximum Gasteiger partial charge on any atom is 0.321 e. The summed E-state index contributed by atoms with van der Waals surface area (Å²) in [5.74, 6) is -0.0517. The summed E-state index contributed by atoms with van der Waals surface area (Å²) in [7, 11) is 0. The Hall–Kier alpha value is -2.08. The number of nitrogens with one attached hydrogen (secondary N) is 2. The molecular formula is C18H26N4O2. The van der Waals surface area contributed by atoms with E-state index in [4.69, 9.17) is 5.73 Å². The lowest BCUT2D eigenvalue weighted by atomic mass is 9.85. The van der Waals surface area contributed by atoms with Gasteiger partial charge in [0.2, 0.25) is 5.91 Å². The highest BCUT2D eigenvalue weighted by Crippen LogP contribution is 2.27. The van der Waals surface area contributed by atoms with E-state index in [1.807, 2.05) is 24.3 Å². The summed E-state index contributed by atoms with van der Waals surface area (Å²) in [5.41, 5.74) is 7.27. The molecule has 130 valence electrons. The number of hydrogen-bond acceptors (Lipinski definition) is 3. The maximum absolute atomic E-state index is 12.5. The highest BCUT2D eigenvalue weighted by atomic mass is 16.2. The van der Waals surface area contributed by atoms with E-state index in [-0.39, 0.29) is 23.9 Å². The van der Waals surface area contributed by atoms with Crippen molar-refractivity contribution >= 4 is 23.3 Å². The van der Waals surface area contributed by atoms with Gasteiger partial charge in [-0.3, -0.25) is 4.79 Å². The Morgan fingerprint density at radius 3 is 2.33 bits per heavy atom. The van der Waals surface area contributed by atoms with Crippen molar-refractivity contribution in [2.24, 2.45) is 11.7 Å². The van der Waals surface area contributed by atoms with Gasteiger partial charge in [0, 0.05) is 25.0 Å². The van der Waals surface area contributed by atoms with Gasteiger partial charge in [0.05, 0.1) is 11.4 Å². The monoisotopic (exact) mass is 330 g/mol. The fourth-order valence-electron chi connectivity index (χ4n) is 3.52. The molecule has 6 heteroatoms. The highest BCUT2D eigenvalue weighted by molar-refractivity contribution is 5.99. The lowest BCUT2D eigenvalue weighted by Crippen LogP contribution is -2.35. The van der Waals surface area contributed by atoms with Crippen LogP contribution in [0.15, 0.2) is 24.3 Å². The smallest absolute Gasteiger partial charge is 0.321 e. The Balaban J connectivity index is 1.65. The van der Waals surface area contributed by atoms with Crippen LogP contribution in [0.3, 0.4) is 0 Å². The number of benzene rings is 1. The van der Waals surface area contributed by atoms with Gasteiger partial charge in [0.15, 0.2) is 0 Å². The largest absolute Gasteiger partial charge is 0.328 e. The third-order valence-electron chi connectivity index (χ3n) is 4.91. The summed E-state index contributed by atoms with van der Waals surface area (Å²) in [6.45, 7) is 1.58. The molecule has 1 aliphatic heterocycles. The van der Waals surface area contributed by atoms with Crippen LogP contribution in [0.25, 0.3) is 0 Å². The maximum atomic E-state index is 12.5. The predicted octanol–water partition coefficient (Wildman–Crippen LogP) is 2.77. The lowest BCUT2D eigenvalue weighted by Gasteiger charge is -2.26. The number of amides is 3. The van der Waals surface area contributed by atoms with Crippen LogP contribution in [-0.2, 0) is 4.79 Å². The molecule has 2 unspecified atom stereocenters. The Bertz CT molecular complexity index is 598. The van der Waals surface area contributed by atoms with Crippen molar-refractivity contribution in [1.29, 1.82) is 0 Å². The molecule has 0 aromatic heterocycles. The number of carbonyl (C=O) groups excluding carboxylic acids is 2. The number of nitrogens with two attached hydrogens (primary N) is 1. The molecule has 0 radical (unpaired) electrons. The van der Waals surface area contributed by atoms with Crippen LogP contribution in [0.4, 0.5) is 16.2 Å². The molecule has 0 bridgehead atoms. The van der Waals surface area contributed by atoms with E-state index in [9.17, 15) is 9.59 Å². The molecule has 1 saturated heterocycles. The number of urea groups is 1. The quantitative estimate of drug-likeness (QED) is 0.796. The van der Waals surface area contributed by atoms with Gasteiger partial charge in [-0.2, -0.15) is 0 Å². The molecule has 0 spiro atoms. The normalized spacial score (nSPS) is 23.8. The number of para-hydroxylation sites is 2. The minimum absolute atomic E-state index is 0.00646. The van der Waals surface area contributed by atoms with Crippen molar-refractivity contribution in [1.82, 2.24) is 4.90 Å². The van der Waals surface area contributed by atoms with Gasteiger partial charge in [-0.25, -0.2) is 4.79 Å². The summed E-state index contributed by atoms with van der Waals surface area (Å²) in [6, 6.07) is 7.35. The lowest BCUT2D eigenvalue weighted by molar-refractivity contribution is -0.120. The minimum atomic E-state index is -0.103. The van der Waals surface area contributed by atoms with Crippen molar-refractivity contribution in [3.05, 3.63) is 24.3 Å². The van der Waals surface area contributed by atoms with E-state index >= 15 is 0 Å². The molecular weight excluding hydrogens is 304 g/mol. The van der Waals surface area contributed by atoms with Gasteiger partial charge >= 0.3 is 6.03 Å². The van der Waals surface area contributed by atoms with Crippen LogP contribution in [-0.4, -0.2) is 36.0 Å². The first-order chi connectivity index (χ1) is 11.6. The topological polar surface area (TPSA) is 87.5 Å². The average molecular weight is 330 g/mol. The standard InChI is InChI=1S/C18H26N4O2/c19-14-7-5-6-13(12-14)17(23)20-15-8-1-2-9-16(15)21-18(24)22-10-3-4-11-22/h1-2,8-9,13-14H,3-7,10-12,19H2,(H,20,23)(H,21,24). The molecule has 1 saturated carbocycles. The molecule has 1 aliphatic carbocycles. The van der Waals surface area contributed by atoms with Gasteiger partial charge in [0.25, 0.3) is 0 Å². The molecule has 2 fully saturated rings. The van der Waals surface area contributed by atoms with Gasteiger partial charge < -0.3 is 21.3 Å². The molecule has 1 heterocycles. The van der Waals surface area contributed by atoms with E-state index in [1.54, 1.807) is 4.90 Å². The third kappa shape index (κ3) is 4.06. The van der Waals surface area contributed by atoms with Crippen LogP contribution >= 0.6 is 0 Å². The number of anilines is 2. The molecule has 4 N–H and O–H groups in total. The molecule has 24 heavy (non-hydrogen) atoms. The second-order valence-corrected chi connectivity index (χ2v) is 6.78. The molecule has 3 rings (SSSR count). The summed E-state index contributed by atoms with van der Waals surface area (Å²) in [6.07, 6.45) is 5.69. The number of likely N-dealkylation sites (tertiary alicyclic amines) is 1. The number of nitrogens with zero attached hydrogens (tertiary/aromatic N) is 1. The molecule has 3 amide bonds. The molecule has 1 aromatic carbocycles. The van der Waals surface area contributed by atoms with E-state index in [2.05, 4.69) is 10.6 Å². The van der Waals surface area contributed by atoms with Crippen LogP contribution in [0.1, 0.15) is 38.5 Å². The van der Waals surface area contributed by atoms with Gasteiger partial charge in [-0.1, -0.05) is 18.6 Å². The molecule has 2 atom stereocenters. The zero-order valence-corrected chi connectivity index (χ0v) is 14.0. The summed E-state index contributed by atoms with van der Waals surface area (Å²) >= 11 is 0. The van der Waals surface area contributed by atoms with Gasteiger partial charge in [-0.05, 0) is 44.2 Å². The van der Waals surface area contributed by atoms with E-state index in [1.165, 1.54) is 0 Å². The Morgan fingerprint density at radius 2 is 1.67 bits per heavy atom. The van der Waals surface area contributed by atoms with Crippen molar-refractivity contribution in [3.8, 4) is 0 Å². The molecule has 6 nitrogen and oxygen atoms in total. The van der Waals surface area contributed by atoms with Crippen LogP contribution < -0.4 is 16.4 Å². The predicted molar refractivity (Wildman–Crippen MR) is 94.8 cm³/mol. The first-order valence-electron chi connectivity index (χ1n) is 8.85. The SMILES string of the molecule is NC1CCCC(C(=O)Nc2ccccc2NC(=O)N2CCCC2)C1. The van der Waals surface area contributed by atoms with Crippen LogP contribution in [0.2, 0.25) is 0 Å². The average Bonchev–Trinajstić information content (AvgIpc) is 3.11. The van der Waals surface area contributed by atoms with E-state index in [0.29, 0.717) is 11.4 Å². The second-order valence-electron chi connectivity index (χ2n) is 6.78. The Labute approximate surface area is 142 Å². The van der Waals surface area contributed by atoms with Gasteiger partial charge in [0.1, 0.15) is 0 Å².